The molecule has 10 N–H and O–H groups in total. The first-order valence-corrected chi connectivity index (χ1v) is 8.83. The molecule has 0 aliphatic rings. The van der Waals surface area contributed by atoms with Gasteiger partial charge in [0.15, 0.2) is 0 Å². The second kappa shape index (κ2) is 11.9. The number of carbonyl (C=O) groups is 6. The summed E-state index contributed by atoms with van der Waals surface area (Å²) in [5, 5.41) is 24.6. The first-order valence-electron chi connectivity index (χ1n) is 8.83. The number of hydrogen-bond acceptors (Lipinski definition) is 8. The van der Waals surface area contributed by atoms with E-state index >= 15 is 0 Å². The Morgan fingerprint density at radius 1 is 0.968 bits per heavy atom. The van der Waals surface area contributed by atoms with Crippen molar-refractivity contribution in [3.8, 4) is 0 Å². The van der Waals surface area contributed by atoms with Crippen LogP contribution in [0.5, 0.6) is 0 Å². The van der Waals surface area contributed by atoms with Gasteiger partial charge in [0.1, 0.15) is 18.1 Å². The average molecular weight is 441 g/mol. The number of carbonyl (C=O) groups excluding carboxylic acids is 4. The summed E-state index contributed by atoms with van der Waals surface area (Å²) in [6.45, 7) is -0.431. The number of amides is 4. The zero-order valence-electron chi connectivity index (χ0n) is 16.2. The van der Waals surface area contributed by atoms with E-state index in [0.717, 1.165) is 0 Å². The van der Waals surface area contributed by atoms with E-state index in [1.807, 2.05) is 5.32 Å². The van der Waals surface area contributed by atoms with E-state index in [1.165, 1.54) is 12.5 Å². The van der Waals surface area contributed by atoms with Crippen LogP contribution in [0.4, 0.5) is 0 Å². The molecule has 0 fully saturated rings. The highest BCUT2D eigenvalue weighted by atomic mass is 16.4. The number of primary amides is 1. The second-order valence-corrected chi connectivity index (χ2v) is 6.33. The monoisotopic (exact) mass is 441 g/mol. The lowest BCUT2D eigenvalue weighted by Gasteiger charge is -2.23. The number of nitrogens with one attached hydrogen (secondary N) is 4. The first-order chi connectivity index (χ1) is 14.5. The summed E-state index contributed by atoms with van der Waals surface area (Å²) in [6.07, 6.45) is 0.989. The molecule has 4 amide bonds. The lowest BCUT2D eigenvalue weighted by atomic mass is 10.1. The summed E-state index contributed by atoms with van der Waals surface area (Å²) < 4.78 is 0. The smallest absolute Gasteiger partial charge is 0.326 e. The number of carboxylic acids is 2. The molecule has 1 aromatic rings. The lowest BCUT2D eigenvalue weighted by molar-refractivity contribution is -0.144. The SMILES string of the molecule is NCC(=O)NC(Cc1cnc[nH]1)C(=O)NC(CC(=O)O)C(=O)NC(CC(N)=O)C(=O)O. The van der Waals surface area contributed by atoms with Gasteiger partial charge < -0.3 is 42.6 Å². The fourth-order valence-electron chi connectivity index (χ4n) is 2.41. The molecule has 0 saturated heterocycles. The fraction of sp³-hybridized carbons (Fsp3) is 0.438. The average Bonchev–Trinajstić information content (AvgIpc) is 3.18. The van der Waals surface area contributed by atoms with Crippen LogP contribution >= 0.6 is 0 Å². The number of aliphatic carboxylic acids is 2. The van der Waals surface area contributed by atoms with Gasteiger partial charge in [0.25, 0.3) is 0 Å². The van der Waals surface area contributed by atoms with Gasteiger partial charge >= 0.3 is 11.9 Å². The third-order valence-electron chi connectivity index (χ3n) is 3.85. The van der Waals surface area contributed by atoms with Crippen LogP contribution in [-0.2, 0) is 35.2 Å². The van der Waals surface area contributed by atoms with Gasteiger partial charge in [0.05, 0.1) is 25.7 Å². The molecule has 0 saturated carbocycles. The summed E-state index contributed by atoms with van der Waals surface area (Å²) in [4.78, 5) is 76.5. The predicted octanol–water partition coefficient (Wildman–Crippen LogP) is -4.20. The molecule has 3 atom stereocenters. The zero-order valence-corrected chi connectivity index (χ0v) is 16.2. The maximum absolute atomic E-state index is 12.7. The van der Waals surface area contributed by atoms with Crippen molar-refractivity contribution in [3.05, 3.63) is 18.2 Å². The van der Waals surface area contributed by atoms with Crippen molar-refractivity contribution in [3.63, 3.8) is 0 Å². The zero-order chi connectivity index (χ0) is 23.6. The molecular weight excluding hydrogens is 418 g/mol. The topological polar surface area (TPSA) is 260 Å². The van der Waals surface area contributed by atoms with E-state index < -0.39 is 73.1 Å². The Balaban J connectivity index is 2.99. The highest BCUT2D eigenvalue weighted by Gasteiger charge is 2.31. The Labute approximate surface area is 174 Å². The number of carboxylic acid groups (broad SMARTS) is 2. The van der Waals surface area contributed by atoms with Crippen LogP contribution < -0.4 is 27.4 Å². The number of nitrogens with zero attached hydrogens (tertiary/aromatic N) is 1. The summed E-state index contributed by atoms with van der Waals surface area (Å²) >= 11 is 0. The van der Waals surface area contributed by atoms with E-state index in [2.05, 4.69) is 20.6 Å². The van der Waals surface area contributed by atoms with Gasteiger partial charge in [-0.15, -0.1) is 0 Å². The van der Waals surface area contributed by atoms with Crippen molar-refractivity contribution in [2.45, 2.75) is 37.4 Å². The van der Waals surface area contributed by atoms with E-state index in [4.69, 9.17) is 21.7 Å². The van der Waals surface area contributed by atoms with E-state index in [0.29, 0.717) is 5.69 Å². The maximum atomic E-state index is 12.7. The van der Waals surface area contributed by atoms with Crippen LogP contribution in [0.1, 0.15) is 18.5 Å². The molecule has 1 rings (SSSR count). The number of aromatic amines is 1. The third kappa shape index (κ3) is 8.90. The molecule has 1 heterocycles. The Morgan fingerprint density at radius 3 is 2.06 bits per heavy atom. The molecule has 31 heavy (non-hydrogen) atoms. The number of nitrogens with two attached hydrogens (primary N) is 2. The molecule has 0 spiro atoms. The number of rotatable bonds is 13. The lowest BCUT2D eigenvalue weighted by Crippen LogP contribution is -2.57. The summed E-state index contributed by atoms with van der Waals surface area (Å²) in [5.74, 6) is -6.87. The Hall–Kier alpha value is -4.01. The summed E-state index contributed by atoms with van der Waals surface area (Å²) in [7, 11) is 0. The molecule has 15 heteroatoms. The highest BCUT2D eigenvalue weighted by Crippen LogP contribution is 2.03. The van der Waals surface area contributed by atoms with E-state index in [1.54, 1.807) is 0 Å². The van der Waals surface area contributed by atoms with Crippen molar-refractivity contribution >= 4 is 35.6 Å². The molecule has 0 aromatic carbocycles. The Kier molecular flexibility index (Phi) is 9.58. The highest BCUT2D eigenvalue weighted by molar-refractivity contribution is 5.96. The molecule has 0 bridgehead atoms. The Bertz CT molecular complexity index is 826. The number of aromatic nitrogens is 2. The van der Waals surface area contributed by atoms with Crippen LogP contribution in [0.3, 0.4) is 0 Å². The first kappa shape index (κ1) is 25.0. The summed E-state index contributed by atoms with van der Waals surface area (Å²) in [5.41, 5.74) is 10.6. The second-order valence-electron chi connectivity index (χ2n) is 6.33. The summed E-state index contributed by atoms with van der Waals surface area (Å²) in [6, 6.07) is -4.68. The van der Waals surface area contributed by atoms with Gasteiger partial charge in [-0.25, -0.2) is 9.78 Å². The van der Waals surface area contributed by atoms with Gasteiger partial charge in [0, 0.05) is 18.3 Å². The molecule has 0 aliphatic heterocycles. The molecule has 15 nitrogen and oxygen atoms in total. The number of hydrogen-bond donors (Lipinski definition) is 8. The van der Waals surface area contributed by atoms with Crippen molar-refractivity contribution in [1.29, 1.82) is 0 Å². The standard InChI is InChI=1S/C16H23N7O8/c17-4-12(25)21-8(1-7-5-19-6-20-7)14(28)22-9(3-13(26)27)15(29)23-10(16(30)31)2-11(18)24/h5-6,8-10H,1-4,17H2,(H2,18,24)(H,19,20)(H,21,25)(H,22,28)(H,23,29)(H,26,27)(H,30,31). The van der Waals surface area contributed by atoms with Crippen molar-refractivity contribution in [1.82, 2.24) is 25.9 Å². The van der Waals surface area contributed by atoms with E-state index in [9.17, 15) is 28.8 Å². The largest absolute Gasteiger partial charge is 0.481 e. The van der Waals surface area contributed by atoms with Crippen LogP contribution in [0.25, 0.3) is 0 Å². The van der Waals surface area contributed by atoms with Crippen LogP contribution in [0.2, 0.25) is 0 Å². The molecular formula is C16H23N7O8. The van der Waals surface area contributed by atoms with Gasteiger partial charge in [0.2, 0.25) is 23.6 Å². The predicted molar refractivity (Wildman–Crippen MR) is 101 cm³/mol. The van der Waals surface area contributed by atoms with Crippen molar-refractivity contribution in [2.75, 3.05) is 6.54 Å². The van der Waals surface area contributed by atoms with Gasteiger partial charge in [-0.1, -0.05) is 0 Å². The minimum absolute atomic E-state index is 0.0849. The minimum atomic E-state index is -1.73. The third-order valence-corrected chi connectivity index (χ3v) is 3.85. The van der Waals surface area contributed by atoms with E-state index in [-0.39, 0.29) is 6.42 Å². The van der Waals surface area contributed by atoms with Crippen molar-refractivity contribution < 1.29 is 39.0 Å². The molecule has 0 aliphatic carbocycles. The van der Waals surface area contributed by atoms with Crippen LogP contribution in [0, 0.1) is 0 Å². The van der Waals surface area contributed by atoms with Gasteiger partial charge in [-0.05, 0) is 0 Å². The maximum Gasteiger partial charge on any atom is 0.326 e. The molecule has 3 unspecified atom stereocenters. The molecule has 1 aromatic heterocycles. The Morgan fingerprint density at radius 2 is 1.58 bits per heavy atom. The molecule has 0 radical (unpaired) electrons. The quantitative estimate of drug-likeness (QED) is 0.146. The fourth-order valence-corrected chi connectivity index (χ4v) is 2.41. The normalized spacial score (nSPS) is 13.3. The van der Waals surface area contributed by atoms with Gasteiger partial charge in [-0.3, -0.25) is 24.0 Å². The van der Waals surface area contributed by atoms with Crippen LogP contribution in [-0.4, -0.2) is 80.4 Å². The molecule has 170 valence electrons. The minimum Gasteiger partial charge on any atom is -0.481 e. The van der Waals surface area contributed by atoms with Crippen molar-refractivity contribution in [2.24, 2.45) is 11.5 Å². The van der Waals surface area contributed by atoms with Gasteiger partial charge in [-0.2, -0.15) is 0 Å². The number of imidazole rings is 1. The number of H-pyrrole nitrogens is 1. The van der Waals surface area contributed by atoms with Crippen LogP contribution in [0.15, 0.2) is 12.5 Å².